The van der Waals surface area contributed by atoms with Crippen LogP contribution in [0.5, 0.6) is 0 Å². The third kappa shape index (κ3) is 3.58. The lowest BCUT2D eigenvalue weighted by Gasteiger charge is -2.14. The molecule has 1 aromatic rings. The Balaban J connectivity index is 2.97. The SMILES string of the molecule is CC(C)Cn1nccc1C(CC(=O)O)C(=O)O. The van der Waals surface area contributed by atoms with Crippen molar-refractivity contribution in [2.45, 2.75) is 32.7 Å². The number of aromatic nitrogens is 2. The Morgan fingerprint density at radius 3 is 2.53 bits per heavy atom. The highest BCUT2D eigenvalue weighted by atomic mass is 16.4. The number of carboxylic acid groups (broad SMARTS) is 2. The van der Waals surface area contributed by atoms with E-state index >= 15 is 0 Å². The van der Waals surface area contributed by atoms with Crippen LogP contribution in [0.25, 0.3) is 0 Å². The third-order valence-electron chi connectivity index (χ3n) is 2.32. The zero-order valence-corrected chi connectivity index (χ0v) is 9.83. The fourth-order valence-electron chi connectivity index (χ4n) is 1.63. The van der Waals surface area contributed by atoms with Crippen LogP contribution in [-0.4, -0.2) is 31.9 Å². The Hall–Kier alpha value is -1.85. The molecule has 0 aliphatic heterocycles. The van der Waals surface area contributed by atoms with Crippen molar-refractivity contribution in [1.82, 2.24) is 9.78 Å². The Labute approximate surface area is 98.9 Å². The molecule has 94 valence electrons. The van der Waals surface area contributed by atoms with Crippen LogP contribution >= 0.6 is 0 Å². The molecule has 0 saturated carbocycles. The second kappa shape index (κ2) is 5.47. The Morgan fingerprint density at radius 1 is 1.41 bits per heavy atom. The number of hydrogen-bond donors (Lipinski definition) is 2. The van der Waals surface area contributed by atoms with E-state index in [1.54, 1.807) is 10.7 Å². The van der Waals surface area contributed by atoms with Crippen molar-refractivity contribution in [2.75, 3.05) is 0 Å². The number of carbonyl (C=O) groups is 2. The molecular weight excluding hydrogens is 224 g/mol. The number of carboxylic acids is 2. The highest BCUT2D eigenvalue weighted by Gasteiger charge is 2.26. The fourth-order valence-corrected chi connectivity index (χ4v) is 1.63. The average Bonchev–Trinajstić information content (AvgIpc) is 2.60. The van der Waals surface area contributed by atoms with E-state index in [4.69, 9.17) is 10.2 Å². The van der Waals surface area contributed by atoms with Gasteiger partial charge in [-0.15, -0.1) is 0 Å². The van der Waals surface area contributed by atoms with Gasteiger partial charge in [0.05, 0.1) is 12.1 Å². The third-order valence-corrected chi connectivity index (χ3v) is 2.32. The predicted octanol–water partition coefficient (Wildman–Crippen LogP) is 1.18. The summed E-state index contributed by atoms with van der Waals surface area (Å²) in [7, 11) is 0. The number of nitrogens with zero attached hydrogens (tertiary/aromatic N) is 2. The zero-order chi connectivity index (χ0) is 13.0. The van der Waals surface area contributed by atoms with Crippen LogP contribution in [0, 0.1) is 5.92 Å². The fraction of sp³-hybridized carbons (Fsp3) is 0.545. The van der Waals surface area contributed by atoms with Gasteiger partial charge < -0.3 is 10.2 Å². The van der Waals surface area contributed by atoms with Crippen LogP contribution in [0.15, 0.2) is 12.3 Å². The molecule has 0 aromatic carbocycles. The molecular formula is C11H16N2O4. The second-order valence-electron chi connectivity index (χ2n) is 4.32. The first-order chi connectivity index (χ1) is 7.91. The van der Waals surface area contributed by atoms with Crippen molar-refractivity contribution in [2.24, 2.45) is 5.92 Å². The molecule has 0 aliphatic rings. The molecule has 1 heterocycles. The van der Waals surface area contributed by atoms with Crippen molar-refractivity contribution < 1.29 is 19.8 Å². The van der Waals surface area contributed by atoms with Crippen LogP contribution in [0.2, 0.25) is 0 Å². The highest BCUT2D eigenvalue weighted by Crippen LogP contribution is 2.20. The Kier molecular flexibility index (Phi) is 4.25. The molecule has 0 aliphatic carbocycles. The molecule has 6 nitrogen and oxygen atoms in total. The zero-order valence-electron chi connectivity index (χ0n) is 9.83. The molecule has 0 amide bonds. The molecule has 1 aromatic heterocycles. The van der Waals surface area contributed by atoms with E-state index in [2.05, 4.69) is 5.10 Å². The minimum Gasteiger partial charge on any atom is -0.481 e. The first kappa shape index (κ1) is 13.2. The van der Waals surface area contributed by atoms with Gasteiger partial charge in [0.2, 0.25) is 0 Å². The molecule has 1 rings (SSSR count). The van der Waals surface area contributed by atoms with Gasteiger partial charge in [-0.3, -0.25) is 14.3 Å². The van der Waals surface area contributed by atoms with Gasteiger partial charge in [0.15, 0.2) is 0 Å². The number of rotatable bonds is 6. The molecule has 6 heteroatoms. The van der Waals surface area contributed by atoms with Gasteiger partial charge in [0.1, 0.15) is 5.92 Å². The van der Waals surface area contributed by atoms with Crippen molar-refractivity contribution in [3.63, 3.8) is 0 Å². The van der Waals surface area contributed by atoms with Gasteiger partial charge in [0.25, 0.3) is 0 Å². The van der Waals surface area contributed by atoms with Crippen molar-refractivity contribution in [3.05, 3.63) is 18.0 Å². The maximum absolute atomic E-state index is 11.1. The van der Waals surface area contributed by atoms with Gasteiger partial charge in [0, 0.05) is 12.7 Å². The molecule has 0 saturated heterocycles. The smallest absolute Gasteiger partial charge is 0.313 e. The van der Waals surface area contributed by atoms with Crippen molar-refractivity contribution in [1.29, 1.82) is 0 Å². The lowest BCUT2D eigenvalue weighted by atomic mass is 10.0. The normalized spacial score (nSPS) is 12.6. The highest BCUT2D eigenvalue weighted by molar-refractivity contribution is 5.81. The molecule has 0 spiro atoms. The summed E-state index contributed by atoms with van der Waals surface area (Å²) < 4.78 is 1.56. The number of hydrogen-bond acceptors (Lipinski definition) is 3. The summed E-state index contributed by atoms with van der Waals surface area (Å²) in [5, 5.41) is 21.8. The van der Waals surface area contributed by atoms with Crippen LogP contribution in [0.4, 0.5) is 0 Å². The van der Waals surface area contributed by atoms with Gasteiger partial charge >= 0.3 is 11.9 Å². The lowest BCUT2D eigenvalue weighted by molar-refractivity contribution is -0.145. The molecule has 1 unspecified atom stereocenters. The van der Waals surface area contributed by atoms with Gasteiger partial charge in [-0.1, -0.05) is 13.8 Å². The van der Waals surface area contributed by atoms with E-state index in [1.165, 1.54) is 6.20 Å². The minimum atomic E-state index is -1.14. The van der Waals surface area contributed by atoms with Crippen molar-refractivity contribution in [3.8, 4) is 0 Å². The van der Waals surface area contributed by atoms with Crippen molar-refractivity contribution >= 4 is 11.9 Å². The molecule has 0 fully saturated rings. The molecule has 0 bridgehead atoms. The molecule has 1 atom stereocenters. The Bertz CT molecular complexity index is 411. The van der Waals surface area contributed by atoms with E-state index in [1.807, 2.05) is 13.8 Å². The van der Waals surface area contributed by atoms with E-state index in [-0.39, 0.29) is 0 Å². The van der Waals surface area contributed by atoms with Crippen LogP contribution < -0.4 is 0 Å². The summed E-state index contributed by atoms with van der Waals surface area (Å²) in [6, 6.07) is 1.56. The van der Waals surface area contributed by atoms with E-state index in [9.17, 15) is 9.59 Å². The summed E-state index contributed by atoms with van der Waals surface area (Å²) in [6.07, 6.45) is 1.06. The van der Waals surface area contributed by atoms with Crippen LogP contribution in [0.3, 0.4) is 0 Å². The molecule has 2 N–H and O–H groups in total. The maximum Gasteiger partial charge on any atom is 0.313 e. The van der Waals surface area contributed by atoms with E-state index < -0.39 is 24.3 Å². The standard InChI is InChI=1S/C11H16N2O4/c1-7(2)6-13-9(3-4-12-13)8(11(16)17)5-10(14)15/h3-4,7-8H,5-6H2,1-2H3,(H,14,15)(H,16,17). The first-order valence-electron chi connectivity index (χ1n) is 5.38. The maximum atomic E-state index is 11.1. The number of aliphatic carboxylic acids is 2. The largest absolute Gasteiger partial charge is 0.481 e. The summed E-state index contributed by atoms with van der Waals surface area (Å²) >= 11 is 0. The first-order valence-corrected chi connectivity index (χ1v) is 5.38. The molecule has 17 heavy (non-hydrogen) atoms. The van der Waals surface area contributed by atoms with E-state index in [0.717, 1.165) is 0 Å². The summed E-state index contributed by atoms with van der Waals surface area (Å²) in [5.74, 6) is -3.01. The summed E-state index contributed by atoms with van der Waals surface area (Å²) in [4.78, 5) is 21.7. The average molecular weight is 240 g/mol. The monoisotopic (exact) mass is 240 g/mol. The lowest BCUT2D eigenvalue weighted by Crippen LogP contribution is -2.21. The minimum absolute atomic E-state index is 0.313. The predicted molar refractivity (Wildman–Crippen MR) is 59.7 cm³/mol. The van der Waals surface area contributed by atoms with Gasteiger partial charge in [-0.2, -0.15) is 5.10 Å². The topological polar surface area (TPSA) is 92.4 Å². The van der Waals surface area contributed by atoms with Crippen LogP contribution in [0.1, 0.15) is 31.9 Å². The Morgan fingerprint density at radius 2 is 2.06 bits per heavy atom. The van der Waals surface area contributed by atoms with Gasteiger partial charge in [-0.05, 0) is 12.0 Å². The quantitative estimate of drug-likeness (QED) is 0.778. The van der Waals surface area contributed by atoms with E-state index in [0.29, 0.717) is 18.2 Å². The van der Waals surface area contributed by atoms with Gasteiger partial charge in [-0.25, -0.2) is 0 Å². The summed E-state index contributed by atoms with van der Waals surface area (Å²) in [5.41, 5.74) is 0.439. The second-order valence-corrected chi connectivity index (χ2v) is 4.32. The van der Waals surface area contributed by atoms with Crippen LogP contribution in [-0.2, 0) is 16.1 Å². The summed E-state index contributed by atoms with van der Waals surface area (Å²) in [6.45, 7) is 4.54. The molecule has 0 radical (unpaired) electrons.